The molecule has 0 unspecified atom stereocenters. The summed E-state index contributed by atoms with van der Waals surface area (Å²) in [7, 11) is 1.62. The van der Waals surface area contributed by atoms with Crippen LogP contribution in [0.15, 0.2) is 18.2 Å². The van der Waals surface area contributed by atoms with Gasteiger partial charge in [0.2, 0.25) is 5.91 Å². The SMILES string of the molecule is CCCCCCCCCCCC(=O)Nc1ccc(N2CCCC2)c(C(=O)NCCOC)c1. The molecule has 6 heteroatoms. The average Bonchev–Trinajstić information content (AvgIpc) is 3.33. The van der Waals surface area contributed by atoms with E-state index in [9.17, 15) is 9.59 Å². The van der Waals surface area contributed by atoms with E-state index in [-0.39, 0.29) is 11.8 Å². The number of anilines is 2. The molecule has 2 rings (SSSR count). The fourth-order valence-electron chi connectivity index (χ4n) is 4.21. The summed E-state index contributed by atoms with van der Waals surface area (Å²) in [5, 5.41) is 5.90. The van der Waals surface area contributed by atoms with Crippen molar-refractivity contribution in [2.45, 2.75) is 84.0 Å². The number of nitrogens with zero attached hydrogens (tertiary/aromatic N) is 1. The van der Waals surface area contributed by atoms with Crippen LogP contribution in [0, 0.1) is 0 Å². The summed E-state index contributed by atoms with van der Waals surface area (Å²) in [5.41, 5.74) is 2.24. The van der Waals surface area contributed by atoms with E-state index in [0.717, 1.165) is 44.5 Å². The number of nitrogens with one attached hydrogen (secondary N) is 2. The Hall–Kier alpha value is -2.08. The van der Waals surface area contributed by atoms with Crippen LogP contribution in [-0.2, 0) is 9.53 Å². The summed E-state index contributed by atoms with van der Waals surface area (Å²) >= 11 is 0. The second kappa shape index (κ2) is 15.7. The fraction of sp³-hybridized carbons (Fsp3) is 0.692. The molecule has 1 aromatic carbocycles. The van der Waals surface area contributed by atoms with Gasteiger partial charge in [-0.3, -0.25) is 9.59 Å². The van der Waals surface area contributed by atoms with Gasteiger partial charge in [-0.05, 0) is 37.5 Å². The van der Waals surface area contributed by atoms with E-state index in [1.165, 1.54) is 44.9 Å². The molecule has 6 nitrogen and oxygen atoms in total. The van der Waals surface area contributed by atoms with Crippen LogP contribution in [0.25, 0.3) is 0 Å². The highest BCUT2D eigenvalue weighted by Crippen LogP contribution is 2.27. The van der Waals surface area contributed by atoms with Gasteiger partial charge in [-0.1, -0.05) is 58.3 Å². The van der Waals surface area contributed by atoms with Crippen molar-refractivity contribution in [1.29, 1.82) is 0 Å². The predicted molar refractivity (Wildman–Crippen MR) is 133 cm³/mol. The fourth-order valence-corrected chi connectivity index (χ4v) is 4.21. The monoisotopic (exact) mass is 445 g/mol. The van der Waals surface area contributed by atoms with Crippen LogP contribution in [0.3, 0.4) is 0 Å². The molecule has 1 aromatic rings. The highest BCUT2D eigenvalue weighted by Gasteiger charge is 2.20. The number of benzene rings is 1. The molecule has 1 heterocycles. The standard InChI is InChI=1S/C26H43N3O3/c1-3-4-5-6-7-8-9-10-11-14-25(30)28-22-15-16-24(29-18-12-13-19-29)23(21-22)26(31)27-17-20-32-2/h15-16,21H,3-14,17-20H2,1-2H3,(H,27,31)(H,28,30). The van der Waals surface area contributed by atoms with Crippen LogP contribution in [0.2, 0.25) is 0 Å². The van der Waals surface area contributed by atoms with Gasteiger partial charge in [-0.15, -0.1) is 0 Å². The maximum Gasteiger partial charge on any atom is 0.253 e. The number of carbonyl (C=O) groups excluding carboxylic acids is 2. The van der Waals surface area contributed by atoms with Crippen LogP contribution in [0.4, 0.5) is 11.4 Å². The van der Waals surface area contributed by atoms with Gasteiger partial charge in [0.05, 0.1) is 12.2 Å². The zero-order valence-electron chi connectivity index (χ0n) is 20.2. The molecule has 32 heavy (non-hydrogen) atoms. The highest BCUT2D eigenvalue weighted by atomic mass is 16.5. The Morgan fingerprint density at radius 2 is 1.62 bits per heavy atom. The van der Waals surface area contributed by atoms with E-state index in [1.807, 2.05) is 18.2 Å². The van der Waals surface area contributed by atoms with Gasteiger partial charge in [0, 0.05) is 44.5 Å². The first-order valence-electron chi connectivity index (χ1n) is 12.6. The van der Waals surface area contributed by atoms with Crippen molar-refractivity contribution >= 4 is 23.2 Å². The van der Waals surface area contributed by atoms with E-state index < -0.39 is 0 Å². The lowest BCUT2D eigenvalue weighted by Gasteiger charge is -2.22. The summed E-state index contributed by atoms with van der Waals surface area (Å²) < 4.78 is 5.04. The minimum Gasteiger partial charge on any atom is -0.383 e. The lowest BCUT2D eigenvalue weighted by Crippen LogP contribution is -2.30. The molecule has 0 aromatic heterocycles. The topological polar surface area (TPSA) is 70.7 Å². The van der Waals surface area contributed by atoms with Gasteiger partial charge in [-0.25, -0.2) is 0 Å². The molecule has 1 fully saturated rings. The minimum atomic E-state index is -0.126. The normalized spacial score (nSPS) is 13.4. The molecule has 180 valence electrons. The van der Waals surface area contributed by atoms with Crippen molar-refractivity contribution in [3.8, 4) is 0 Å². The Balaban J connectivity index is 1.82. The number of hydrogen-bond donors (Lipinski definition) is 2. The lowest BCUT2D eigenvalue weighted by atomic mass is 10.1. The predicted octanol–water partition coefficient (Wildman–Crippen LogP) is 5.52. The maximum atomic E-state index is 12.8. The highest BCUT2D eigenvalue weighted by molar-refractivity contribution is 6.02. The van der Waals surface area contributed by atoms with Gasteiger partial charge < -0.3 is 20.3 Å². The number of rotatable bonds is 16. The van der Waals surface area contributed by atoms with Crippen molar-refractivity contribution in [3.63, 3.8) is 0 Å². The van der Waals surface area contributed by atoms with Gasteiger partial charge in [0.1, 0.15) is 0 Å². The molecular weight excluding hydrogens is 402 g/mol. The Morgan fingerprint density at radius 3 is 2.28 bits per heavy atom. The molecule has 0 aliphatic carbocycles. The van der Waals surface area contributed by atoms with E-state index in [0.29, 0.717) is 30.8 Å². The molecule has 1 saturated heterocycles. The minimum absolute atomic E-state index is 0.0209. The Kier molecular flexibility index (Phi) is 12.8. The Bertz CT molecular complexity index is 687. The van der Waals surface area contributed by atoms with Crippen LogP contribution >= 0.6 is 0 Å². The molecule has 0 bridgehead atoms. The second-order valence-electron chi connectivity index (χ2n) is 8.80. The first-order chi connectivity index (χ1) is 15.7. The quantitative estimate of drug-likeness (QED) is 0.329. The number of methoxy groups -OCH3 is 1. The molecule has 0 atom stereocenters. The number of carbonyl (C=O) groups is 2. The van der Waals surface area contributed by atoms with E-state index in [2.05, 4.69) is 22.5 Å². The number of amides is 2. The van der Waals surface area contributed by atoms with Gasteiger partial charge in [-0.2, -0.15) is 0 Å². The Morgan fingerprint density at radius 1 is 0.969 bits per heavy atom. The smallest absolute Gasteiger partial charge is 0.253 e. The largest absolute Gasteiger partial charge is 0.383 e. The second-order valence-corrected chi connectivity index (χ2v) is 8.80. The Labute approximate surface area is 194 Å². The van der Waals surface area contributed by atoms with E-state index in [1.54, 1.807) is 7.11 Å². The molecule has 0 spiro atoms. The number of hydrogen-bond acceptors (Lipinski definition) is 4. The van der Waals surface area contributed by atoms with Crippen molar-refractivity contribution < 1.29 is 14.3 Å². The molecule has 0 saturated carbocycles. The summed E-state index contributed by atoms with van der Waals surface area (Å²) in [5.74, 6) is -0.105. The molecular formula is C26H43N3O3. The number of unbranched alkanes of at least 4 members (excludes halogenated alkanes) is 8. The van der Waals surface area contributed by atoms with Crippen molar-refractivity contribution in [1.82, 2.24) is 5.32 Å². The summed E-state index contributed by atoms with van der Waals surface area (Å²) in [6.07, 6.45) is 13.9. The summed E-state index contributed by atoms with van der Waals surface area (Å²) in [6, 6.07) is 5.68. The van der Waals surface area contributed by atoms with Crippen molar-refractivity contribution in [2.24, 2.45) is 0 Å². The third kappa shape index (κ3) is 9.60. The van der Waals surface area contributed by atoms with Crippen molar-refractivity contribution in [2.75, 3.05) is 43.6 Å². The average molecular weight is 446 g/mol. The number of ether oxygens (including phenoxy) is 1. The first kappa shape index (κ1) is 26.2. The zero-order chi connectivity index (χ0) is 23.0. The molecule has 1 aliphatic rings. The molecule has 2 amide bonds. The van der Waals surface area contributed by atoms with Crippen LogP contribution in [-0.4, -0.2) is 45.2 Å². The summed E-state index contributed by atoms with van der Waals surface area (Å²) in [4.78, 5) is 27.4. The van der Waals surface area contributed by atoms with Crippen LogP contribution in [0.5, 0.6) is 0 Å². The lowest BCUT2D eigenvalue weighted by molar-refractivity contribution is -0.116. The van der Waals surface area contributed by atoms with Gasteiger partial charge in [0.25, 0.3) is 5.91 Å². The zero-order valence-corrected chi connectivity index (χ0v) is 20.2. The molecule has 0 radical (unpaired) electrons. The summed E-state index contributed by atoms with van der Waals surface area (Å²) in [6.45, 7) is 5.10. The maximum absolute atomic E-state index is 12.8. The van der Waals surface area contributed by atoms with Crippen LogP contribution < -0.4 is 15.5 Å². The van der Waals surface area contributed by atoms with Gasteiger partial charge >= 0.3 is 0 Å². The van der Waals surface area contributed by atoms with E-state index in [4.69, 9.17) is 4.74 Å². The third-order valence-corrected chi connectivity index (χ3v) is 6.07. The van der Waals surface area contributed by atoms with Crippen molar-refractivity contribution in [3.05, 3.63) is 23.8 Å². The first-order valence-corrected chi connectivity index (χ1v) is 12.6. The van der Waals surface area contributed by atoms with Gasteiger partial charge in [0.15, 0.2) is 0 Å². The van der Waals surface area contributed by atoms with Crippen LogP contribution in [0.1, 0.15) is 94.3 Å². The van der Waals surface area contributed by atoms with E-state index >= 15 is 0 Å². The third-order valence-electron chi connectivity index (χ3n) is 6.07. The molecule has 1 aliphatic heterocycles. The molecule has 2 N–H and O–H groups in total.